The minimum atomic E-state index is 0.367. The van der Waals surface area contributed by atoms with Crippen LogP contribution in [0.1, 0.15) is 24.9 Å². The zero-order valence-electron chi connectivity index (χ0n) is 11.5. The highest BCUT2D eigenvalue weighted by atomic mass is 16.5. The quantitative estimate of drug-likeness (QED) is 0.818. The van der Waals surface area contributed by atoms with Gasteiger partial charge in [0.1, 0.15) is 11.5 Å². The summed E-state index contributed by atoms with van der Waals surface area (Å²) in [6.45, 7) is 2.24. The standard InChI is InChI=1S/C15H21NO2/c1-11-7-8-16(2)14(9-11)13-6-5-12(17-3)10-15(13)18-4/h5-8,10-11,14H,9H2,1-4H3/t11-,14?/m1/s1. The SMILES string of the molecule is COc1ccc(C2C[C@H](C)C=CN2C)c(OC)c1. The van der Waals surface area contributed by atoms with Crippen LogP contribution >= 0.6 is 0 Å². The fourth-order valence-corrected chi connectivity index (χ4v) is 2.42. The van der Waals surface area contributed by atoms with Gasteiger partial charge in [-0.3, -0.25) is 0 Å². The van der Waals surface area contributed by atoms with Crippen LogP contribution < -0.4 is 9.47 Å². The van der Waals surface area contributed by atoms with Crippen LogP contribution in [0.5, 0.6) is 11.5 Å². The van der Waals surface area contributed by atoms with E-state index in [0.29, 0.717) is 12.0 Å². The molecule has 0 saturated carbocycles. The second-order valence-corrected chi connectivity index (χ2v) is 4.84. The Labute approximate surface area is 109 Å². The fourth-order valence-electron chi connectivity index (χ4n) is 2.42. The molecule has 0 amide bonds. The highest BCUT2D eigenvalue weighted by Gasteiger charge is 2.23. The first kappa shape index (κ1) is 12.8. The van der Waals surface area contributed by atoms with Gasteiger partial charge in [0, 0.05) is 18.7 Å². The topological polar surface area (TPSA) is 21.7 Å². The second kappa shape index (κ2) is 5.34. The smallest absolute Gasteiger partial charge is 0.127 e. The van der Waals surface area contributed by atoms with Crippen molar-refractivity contribution in [2.75, 3.05) is 21.3 Å². The molecule has 0 bridgehead atoms. The van der Waals surface area contributed by atoms with Crippen LogP contribution in [0.25, 0.3) is 0 Å². The van der Waals surface area contributed by atoms with Gasteiger partial charge >= 0.3 is 0 Å². The largest absolute Gasteiger partial charge is 0.497 e. The number of hydrogen-bond acceptors (Lipinski definition) is 3. The van der Waals surface area contributed by atoms with E-state index in [1.807, 2.05) is 12.1 Å². The minimum absolute atomic E-state index is 0.367. The number of nitrogens with zero attached hydrogens (tertiary/aromatic N) is 1. The van der Waals surface area contributed by atoms with Crippen molar-refractivity contribution in [1.29, 1.82) is 0 Å². The molecule has 3 heteroatoms. The van der Waals surface area contributed by atoms with E-state index in [0.717, 1.165) is 17.9 Å². The second-order valence-electron chi connectivity index (χ2n) is 4.84. The summed E-state index contributed by atoms with van der Waals surface area (Å²) in [5.74, 6) is 2.32. The number of benzene rings is 1. The van der Waals surface area contributed by atoms with Gasteiger partial charge in [0.05, 0.1) is 20.3 Å². The number of methoxy groups -OCH3 is 2. The van der Waals surface area contributed by atoms with Gasteiger partial charge in [-0.25, -0.2) is 0 Å². The van der Waals surface area contributed by atoms with Crippen LogP contribution in [-0.4, -0.2) is 26.2 Å². The Morgan fingerprint density at radius 1 is 1.22 bits per heavy atom. The van der Waals surface area contributed by atoms with E-state index < -0.39 is 0 Å². The van der Waals surface area contributed by atoms with E-state index in [4.69, 9.17) is 9.47 Å². The van der Waals surface area contributed by atoms with Crippen LogP contribution in [0.3, 0.4) is 0 Å². The Bertz CT molecular complexity index is 442. The van der Waals surface area contributed by atoms with Gasteiger partial charge in [-0.2, -0.15) is 0 Å². The average molecular weight is 247 g/mol. The Balaban J connectivity index is 2.35. The third-order valence-corrected chi connectivity index (χ3v) is 3.54. The van der Waals surface area contributed by atoms with Crippen LogP contribution in [0.2, 0.25) is 0 Å². The maximum absolute atomic E-state index is 5.49. The first-order chi connectivity index (χ1) is 8.65. The first-order valence-corrected chi connectivity index (χ1v) is 6.28. The lowest BCUT2D eigenvalue weighted by Gasteiger charge is -2.33. The molecule has 0 fully saturated rings. The molecule has 1 unspecified atom stereocenters. The van der Waals surface area contributed by atoms with Crippen molar-refractivity contribution in [3.8, 4) is 11.5 Å². The number of rotatable bonds is 3. The minimum Gasteiger partial charge on any atom is -0.497 e. The van der Waals surface area contributed by atoms with Crippen molar-refractivity contribution >= 4 is 0 Å². The van der Waals surface area contributed by atoms with E-state index in [1.54, 1.807) is 14.2 Å². The van der Waals surface area contributed by atoms with Crippen molar-refractivity contribution < 1.29 is 9.47 Å². The Kier molecular flexibility index (Phi) is 3.80. The molecular weight excluding hydrogens is 226 g/mol. The summed E-state index contributed by atoms with van der Waals surface area (Å²) in [6.07, 6.45) is 5.50. The van der Waals surface area contributed by atoms with Gasteiger partial charge < -0.3 is 14.4 Å². The molecule has 18 heavy (non-hydrogen) atoms. The number of hydrogen-bond donors (Lipinski definition) is 0. The summed E-state index contributed by atoms with van der Waals surface area (Å²) in [4.78, 5) is 2.24. The maximum Gasteiger partial charge on any atom is 0.127 e. The van der Waals surface area contributed by atoms with Crippen molar-refractivity contribution in [2.45, 2.75) is 19.4 Å². The van der Waals surface area contributed by atoms with Gasteiger partial charge in [-0.1, -0.05) is 13.0 Å². The fraction of sp³-hybridized carbons (Fsp3) is 0.467. The van der Waals surface area contributed by atoms with Crippen LogP contribution in [0.15, 0.2) is 30.5 Å². The van der Waals surface area contributed by atoms with E-state index in [2.05, 4.69) is 37.2 Å². The number of allylic oxidation sites excluding steroid dienone is 1. The molecule has 98 valence electrons. The molecule has 0 N–H and O–H groups in total. The molecule has 0 saturated heterocycles. The van der Waals surface area contributed by atoms with Crippen molar-refractivity contribution in [3.05, 3.63) is 36.0 Å². The zero-order valence-corrected chi connectivity index (χ0v) is 11.5. The summed E-state index contributed by atoms with van der Waals surface area (Å²) in [7, 11) is 5.49. The van der Waals surface area contributed by atoms with E-state index >= 15 is 0 Å². The van der Waals surface area contributed by atoms with E-state index in [-0.39, 0.29) is 0 Å². The Hall–Kier alpha value is -1.64. The molecule has 1 aliphatic heterocycles. The van der Waals surface area contributed by atoms with Crippen LogP contribution in [0, 0.1) is 5.92 Å². The summed E-state index contributed by atoms with van der Waals surface area (Å²) in [6, 6.07) is 6.41. The molecule has 1 aromatic carbocycles. The molecule has 0 aromatic heterocycles. The predicted octanol–water partition coefficient (Wildman–Crippen LogP) is 3.23. The molecule has 1 heterocycles. The van der Waals surface area contributed by atoms with Gasteiger partial charge in [0.2, 0.25) is 0 Å². The van der Waals surface area contributed by atoms with Gasteiger partial charge in [-0.05, 0) is 30.7 Å². The molecule has 0 aliphatic carbocycles. The summed E-state index contributed by atoms with van der Waals surface area (Å²) in [5, 5.41) is 0. The maximum atomic E-state index is 5.49. The van der Waals surface area contributed by atoms with Gasteiger partial charge in [-0.15, -0.1) is 0 Å². The molecular formula is C15H21NO2. The Morgan fingerprint density at radius 2 is 2.00 bits per heavy atom. The van der Waals surface area contributed by atoms with E-state index in [1.165, 1.54) is 5.56 Å². The van der Waals surface area contributed by atoms with E-state index in [9.17, 15) is 0 Å². The zero-order chi connectivity index (χ0) is 13.1. The van der Waals surface area contributed by atoms with Crippen LogP contribution in [-0.2, 0) is 0 Å². The average Bonchev–Trinajstić information content (AvgIpc) is 2.41. The molecule has 1 aliphatic rings. The van der Waals surface area contributed by atoms with Gasteiger partial charge in [0.15, 0.2) is 0 Å². The predicted molar refractivity (Wildman–Crippen MR) is 73.0 cm³/mol. The Morgan fingerprint density at radius 3 is 2.67 bits per heavy atom. The molecule has 3 nitrogen and oxygen atoms in total. The van der Waals surface area contributed by atoms with Crippen LogP contribution in [0.4, 0.5) is 0 Å². The monoisotopic (exact) mass is 247 g/mol. The highest BCUT2D eigenvalue weighted by molar-refractivity contribution is 5.43. The third-order valence-electron chi connectivity index (χ3n) is 3.54. The van der Waals surface area contributed by atoms with Crippen molar-refractivity contribution in [1.82, 2.24) is 4.90 Å². The molecule has 0 spiro atoms. The summed E-state index contributed by atoms with van der Waals surface area (Å²) in [5.41, 5.74) is 1.22. The first-order valence-electron chi connectivity index (χ1n) is 6.28. The normalized spacial score (nSPS) is 23.0. The molecule has 2 atom stereocenters. The summed E-state index contributed by atoms with van der Waals surface area (Å²) < 4.78 is 10.7. The molecule has 0 radical (unpaired) electrons. The molecule has 1 aromatic rings. The third kappa shape index (κ3) is 2.45. The number of ether oxygens (including phenoxy) is 2. The lowest BCUT2D eigenvalue weighted by atomic mass is 9.91. The lowest BCUT2D eigenvalue weighted by Crippen LogP contribution is -2.25. The molecule has 2 rings (SSSR count). The highest BCUT2D eigenvalue weighted by Crippen LogP contribution is 2.37. The van der Waals surface area contributed by atoms with Crippen molar-refractivity contribution in [2.24, 2.45) is 5.92 Å². The summed E-state index contributed by atoms with van der Waals surface area (Å²) >= 11 is 0. The van der Waals surface area contributed by atoms with Crippen molar-refractivity contribution in [3.63, 3.8) is 0 Å². The lowest BCUT2D eigenvalue weighted by molar-refractivity contribution is 0.266. The van der Waals surface area contributed by atoms with Gasteiger partial charge in [0.25, 0.3) is 0 Å².